The van der Waals surface area contributed by atoms with Crippen LogP contribution < -0.4 is 0 Å². The minimum atomic E-state index is -0.0295. The first-order chi connectivity index (χ1) is 9.24. The fourth-order valence-electron chi connectivity index (χ4n) is 2.57. The van der Waals surface area contributed by atoms with Gasteiger partial charge in [-0.05, 0) is 17.4 Å². The number of nitrogens with zero attached hydrogens (tertiary/aromatic N) is 2. The number of carbonyl (C=O) groups excluding carboxylic acids is 1. The zero-order chi connectivity index (χ0) is 13.2. The summed E-state index contributed by atoms with van der Waals surface area (Å²) in [6, 6.07) is 8.20. The molecule has 2 aromatic rings. The molecule has 1 amide bonds. The predicted molar refractivity (Wildman–Crippen MR) is 76.3 cm³/mol. The number of aromatic nitrogens is 1. The van der Waals surface area contributed by atoms with Gasteiger partial charge in [-0.15, -0.1) is 11.6 Å². The maximum atomic E-state index is 11.7. The van der Waals surface area contributed by atoms with Gasteiger partial charge in [-0.2, -0.15) is 0 Å². The third-order valence-corrected chi connectivity index (χ3v) is 3.86. The topological polar surface area (TPSA) is 33.2 Å². The van der Waals surface area contributed by atoms with Crippen LogP contribution in [0.15, 0.2) is 36.7 Å². The lowest BCUT2D eigenvalue weighted by Gasteiger charge is -2.16. The van der Waals surface area contributed by atoms with Gasteiger partial charge in [0.1, 0.15) is 0 Å². The summed E-state index contributed by atoms with van der Waals surface area (Å²) in [6.45, 7) is 1.39. The van der Waals surface area contributed by atoms with Gasteiger partial charge in [0.05, 0.1) is 5.38 Å². The molecule has 0 N–H and O–H groups in total. The average molecular weight is 275 g/mol. The second kappa shape index (κ2) is 5.17. The van der Waals surface area contributed by atoms with Gasteiger partial charge < -0.3 is 4.90 Å². The number of fused-ring (bicyclic) bond motifs is 1. The van der Waals surface area contributed by atoms with Crippen molar-refractivity contribution in [1.82, 2.24) is 9.88 Å². The molecule has 1 aliphatic heterocycles. The largest absolute Gasteiger partial charge is 0.341 e. The molecule has 2 heterocycles. The number of halogens is 1. The van der Waals surface area contributed by atoms with Crippen LogP contribution in [0.25, 0.3) is 10.8 Å². The highest BCUT2D eigenvalue weighted by atomic mass is 35.5. The molecular weight excluding hydrogens is 260 g/mol. The summed E-state index contributed by atoms with van der Waals surface area (Å²) in [4.78, 5) is 17.8. The Morgan fingerprint density at radius 1 is 1.32 bits per heavy atom. The molecule has 3 rings (SSSR count). The van der Waals surface area contributed by atoms with Crippen molar-refractivity contribution in [2.24, 2.45) is 0 Å². The summed E-state index contributed by atoms with van der Waals surface area (Å²) in [5.41, 5.74) is 1.18. The summed E-state index contributed by atoms with van der Waals surface area (Å²) < 4.78 is 0. The molecule has 1 aromatic heterocycles. The Morgan fingerprint density at radius 3 is 2.95 bits per heavy atom. The number of pyridine rings is 1. The summed E-state index contributed by atoms with van der Waals surface area (Å²) in [5, 5.41) is 2.33. The minimum absolute atomic E-state index is 0.0295. The summed E-state index contributed by atoms with van der Waals surface area (Å²) in [5.74, 6) is 0.160. The third kappa shape index (κ3) is 2.56. The van der Waals surface area contributed by atoms with E-state index in [4.69, 9.17) is 11.6 Å². The summed E-state index contributed by atoms with van der Waals surface area (Å²) in [7, 11) is 0. The maximum Gasteiger partial charge on any atom is 0.224 e. The quantitative estimate of drug-likeness (QED) is 0.806. The molecule has 0 aliphatic carbocycles. The second-order valence-corrected chi connectivity index (χ2v) is 5.53. The van der Waals surface area contributed by atoms with Crippen LogP contribution in [-0.2, 0) is 11.2 Å². The van der Waals surface area contributed by atoms with Gasteiger partial charge in [-0.1, -0.05) is 24.3 Å². The number of carbonyl (C=O) groups is 1. The Kier molecular flexibility index (Phi) is 3.38. The Balaban J connectivity index is 1.77. The number of likely N-dealkylation sites (tertiary alicyclic amines) is 1. The molecule has 0 spiro atoms. The van der Waals surface area contributed by atoms with Crippen molar-refractivity contribution in [2.75, 3.05) is 13.1 Å². The first kappa shape index (κ1) is 12.4. The van der Waals surface area contributed by atoms with Gasteiger partial charge in [0.15, 0.2) is 0 Å². The number of alkyl halides is 1. The van der Waals surface area contributed by atoms with Crippen LogP contribution in [0.1, 0.15) is 12.0 Å². The minimum Gasteiger partial charge on any atom is -0.341 e. The van der Waals surface area contributed by atoms with Crippen molar-refractivity contribution in [2.45, 2.75) is 18.2 Å². The molecule has 4 heteroatoms. The first-order valence-corrected chi connectivity index (χ1v) is 6.91. The van der Waals surface area contributed by atoms with E-state index in [0.29, 0.717) is 13.0 Å². The number of amides is 1. The van der Waals surface area contributed by atoms with E-state index < -0.39 is 0 Å². The number of hydrogen-bond acceptors (Lipinski definition) is 2. The third-order valence-electron chi connectivity index (χ3n) is 3.57. The number of benzene rings is 1. The fraction of sp³-hybridized carbons (Fsp3) is 0.333. The smallest absolute Gasteiger partial charge is 0.224 e. The lowest BCUT2D eigenvalue weighted by Crippen LogP contribution is -2.27. The molecule has 1 aliphatic rings. The molecule has 1 saturated heterocycles. The summed E-state index contributed by atoms with van der Waals surface area (Å²) in [6.07, 6.45) is 5.05. The van der Waals surface area contributed by atoms with Crippen LogP contribution in [0.3, 0.4) is 0 Å². The van der Waals surface area contributed by atoms with Crippen LogP contribution in [0.2, 0.25) is 0 Å². The number of hydrogen-bond donors (Lipinski definition) is 0. The Bertz CT molecular complexity index is 609. The van der Waals surface area contributed by atoms with Gasteiger partial charge in [0.25, 0.3) is 0 Å². The molecule has 0 bridgehead atoms. The van der Waals surface area contributed by atoms with Gasteiger partial charge in [-0.3, -0.25) is 9.78 Å². The monoisotopic (exact) mass is 274 g/mol. The van der Waals surface area contributed by atoms with Crippen LogP contribution >= 0.6 is 11.6 Å². The van der Waals surface area contributed by atoms with E-state index in [9.17, 15) is 4.79 Å². The molecule has 1 atom stereocenters. The van der Waals surface area contributed by atoms with Crippen LogP contribution in [0.5, 0.6) is 0 Å². The lowest BCUT2D eigenvalue weighted by atomic mass is 10.1. The van der Waals surface area contributed by atoms with Crippen LogP contribution in [0.4, 0.5) is 0 Å². The highest BCUT2D eigenvalue weighted by Crippen LogP contribution is 2.20. The zero-order valence-electron chi connectivity index (χ0n) is 10.6. The molecule has 1 unspecified atom stereocenters. The van der Waals surface area contributed by atoms with Crippen molar-refractivity contribution in [3.8, 4) is 0 Å². The predicted octanol–water partition coefficient (Wildman–Crippen LogP) is 2.62. The molecule has 98 valence electrons. The van der Waals surface area contributed by atoms with Crippen LogP contribution in [0, 0.1) is 0 Å². The fourth-order valence-corrected chi connectivity index (χ4v) is 2.87. The van der Waals surface area contributed by atoms with E-state index in [0.717, 1.165) is 18.4 Å². The molecule has 0 saturated carbocycles. The van der Waals surface area contributed by atoms with Crippen molar-refractivity contribution >= 4 is 28.3 Å². The Morgan fingerprint density at radius 2 is 2.16 bits per heavy atom. The highest BCUT2D eigenvalue weighted by Gasteiger charge is 2.27. The molecular formula is C15H15ClN2O. The van der Waals surface area contributed by atoms with Crippen molar-refractivity contribution < 1.29 is 4.79 Å². The van der Waals surface area contributed by atoms with E-state index in [2.05, 4.69) is 17.1 Å². The van der Waals surface area contributed by atoms with E-state index in [-0.39, 0.29) is 11.3 Å². The lowest BCUT2D eigenvalue weighted by molar-refractivity contribution is -0.127. The van der Waals surface area contributed by atoms with Crippen molar-refractivity contribution in [3.05, 3.63) is 42.2 Å². The van der Waals surface area contributed by atoms with E-state index in [1.807, 2.05) is 29.4 Å². The Labute approximate surface area is 117 Å². The van der Waals surface area contributed by atoms with E-state index in [1.165, 1.54) is 10.9 Å². The SMILES string of the molecule is O=C1CC(Cl)CN1CCc1cncc2ccccc12. The Hall–Kier alpha value is -1.61. The van der Waals surface area contributed by atoms with E-state index >= 15 is 0 Å². The molecule has 1 fully saturated rings. The normalized spacial score (nSPS) is 19.3. The number of rotatable bonds is 3. The van der Waals surface area contributed by atoms with Gasteiger partial charge in [0, 0.05) is 37.3 Å². The zero-order valence-corrected chi connectivity index (χ0v) is 11.3. The second-order valence-electron chi connectivity index (χ2n) is 4.91. The molecule has 0 radical (unpaired) electrons. The highest BCUT2D eigenvalue weighted by molar-refractivity contribution is 6.22. The van der Waals surface area contributed by atoms with Gasteiger partial charge in [-0.25, -0.2) is 0 Å². The van der Waals surface area contributed by atoms with E-state index in [1.54, 1.807) is 0 Å². The molecule has 19 heavy (non-hydrogen) atoms. The molecule has 3 nitrogen and oxygen atoms in total. The molecule has 1 aromatic carbocycles. The summed E-state index contributed by atoms with van der Waals surface area (Å²) >= 11 is 6.00. The standard InChI is InChI=1S/C15H15ClN2O/c16-13-7-15(19)18(10-13)6-5-12-9-17-8-11-3-1-2-4-14(11)12/h1-4,8-9,13H,5-7,10H2. The maximum absolute atomic E-state index is 11.7. The van der Waals surface area contributed by atoms with Crippen molar-refractivity contribution in [1.29, 1.82) is 0 Å². The van der Waals surface area contributed by atoms with Gasteiger partial charge >= 0.3 is 0 Å². The van der Waals surface area contributed by atoms with Crippen LogP contribution in [-0.4, -0.2) is 34.3 Å². The first-order valence-electron chi connectivity index (χ1n) is 6.47. The van der Waals surface area contributed by atoms with Crippen molar-refractivity contribution in [3.63, 3.8) is 0 Å². The van der Waals surface area contributed by atoms with Gasteiger partial charge in [0.2, 0.25) is 5.91 Å². The average Bonchev–Trinajstić information content (AvgIpc) is 2.74.